The van der Waals surface area contributed by atoms with Crippen LogP contribution in [0.15, 0.2) is 23.1 Å². The van der Waals surface area contributed by atoms with Crippen molar-refractivity contribution >= 4 is 33.3 Å². The molecule has 0 saturated heterocycles. The summed E-state index contributed by atoms with van der Waals surface area (Å²) in [7, 11) is -3.13. The fourth-order valence-electron chi connectivity index (χ4n) is 1.22. The van der Waals surface area contributed by atoms with E-state index in [9.17, 15) is 23.3 Å². The van der Waals surface area contributed by atoms with Crippen molar-refractivity contribution < 1.29 is 23.2 Å². The Hall–Kier alpha value is -1.61. The molecule has 1 aromatic rings. The smallest absolute Gasteiger partial charge is 0.335 e. The van der Waals surface area contributed by atoms with Crippen LogP contribution in [0.3, 0.4) is 0 Å². The van der Waals surface area contributed by atoms with Gasteiger partial charge in [0, 0.05) is 18.1 Å². The second-order valence-electron chi connectivity index (χ2n) is 3.72. The van der Waals surface area contributed by atoms with Crippen molar-refractivity contribution in [3.05, 3.63) is 33.9 Å². The van der Waals surface area contributed by atoms with Crippen molar-refractivity contribution in [3.8, 4) is 0 Å². The van der Waals surface area contributed by atoms with Gasteiger partial charge in [-0.2, -0.15) is 0 Å². The fourth-order valence-corrected chi connectivity index (χ4v) is 3.43. The van der Waals surface area contributed by atoms with Gasteiger partial charge in [-0.25, -0.2) is 13.2 Å². The van der Waals surface area contributed by atoms with Gasteiger partial charge in [-0.1, -0.05) is 0 Å². The molecule has 0 aliphatic carbocycles. The molecule has 0 fully saturated rings. The highest BCUT2D eigenvalue weighted by molar-refractivity contribution is 8.00. The minimum atomic E-state index is -3.13. The van der Waals surface area contributed by atoms with Gasteiger partial charge in [-0.05, 0) is 12.1 Å². The van der Waals surface area contributed by atoms with E-state index < -0.39 is 20.7 Å². The molecule has 0 unspecified atom stereocenters. The SMILES string of the molecule is CS(=O)(=O)CCSc1ccc(C(=O)O)cc1[N+](=O)[O-]. The third kappa shape index (κ3) is 4.87. The maximum atomic E-state index is 11.0. The number of thioether (sulfide) groups is 1. The predicted molar refractivity (Wildman–Crippen MR) is 70.5 cm³/mol. The summed E-state index contributed by atoms with van der Waals surface area (Å²) in [6.45, 7) is 0. The van der Waals surface area contributed by atoms with E-state index in [0.29, 0.717) is 0 Å². The molecule has 1 aromatic carbocycles. The standard InChI is InChI=1S/C10H11NO6S2/c1-19(16,17)5-4-18-9-3-2-7(10(12)13)6-8(9)11(14)15/h2-3,6H,4-5H2,1H3,(H,12,13). The molecule has 0 amide bonds. The number of nitro groups is 1. The molecule has 1 N–H and O–H groups in total. The van der Waals surface area contributed by atoms with Crippen LogP contribution in [0.1, 0.15) is 10.4 Å². The average molecular weight is 305 g/mol. The minimum Gasteiger partial charge on any atom is -0.478 e. The van der Waals surface area contributed by atoms with Crippen molar-refractivity contribution in [1.82, 2.24) is 0 Å². The van der Waals surface area contributed by atoms with Gasteiger partial charge in [0.1, 0.15) is 9.84 Å². The first-order valence-corrected chi connectivity index (χ1v) is 8.07. The fraction of sp³-hybridized carbons (Fsp3) is 0.300. The summed E-state index contributed by atoms with van der Waals surface area (Å²) in [5.41, 5.74) is -0.516. The Morgan fingerprint density at radius 3 is 2.58 bits per heavy atom. The number of carboxylic acids is 1. The zero-order valence-electron chi connectivity index (χ0n) is 9.90. The molecule has 19 heavy (non-hydrogen) atoms. The van der Waals surface area contributed by atoms with E-state index in [2.05, 4.69) is 0 Å². The van der Waals surface area contributed by atoms with Crippen LogP contribution in [0.5, 0.6) is 0 Å². The molecule has 0 spiro atoms. The van der Waals surface area contributed by atoms with E-state index in [4.69, 9.17) is 5.11 Å². The van der Waals surface area contributed by atoms with Crippen LogP contribution in [0, 0.1) is 10.1 Å². The van der Waals surface area contributed by atoms with E-state index in [1.165, 1.54) is 12.1 Å². The molecule has 0 aliphatic heterocycles. The summed E-state index contributed by atoms with van der Waals surface area (Å²) < 4.78 is 21.9. The van der Waals surface area contributed by atoms with Crippen molar-refractivity contribution in [2.75, 3.05) is 17.8 Å². The number of hydrogen-bond acceptors (Lipinski definition) is 6. The van der Waals surface area contributed by atoms with Gasteiger partial charge in [-0.15, -0.1) is 11.8 Å². The first-order valence-electron chi connectivity index (χ1n) is 5.03. The van der Waals surface area contributed by atoms with Crippen molar-refractivity contribution in [2.24, 2.45) is 0 Å². The van der Waals surface area contributed by atoms with E-state index in [1.807, 2.05) is 0 Å². The van der Waals surface area contributed by atoms with Crippen LogP contribution in [-0.4, -0.2) is 42.2 Å². The number of rotatable bonds is 6. The van der Waals surface area contributed by atoms with Crippen LogP contribution < -0.4 is 0 Å². The maximum Gasteiger partial charge on any atom is 0.335 e. The number of benzene rings is 1. The van der Waals surface area contributed by atoms with Crippen LogP contribution in [0.2, 0.25) is 0 Å². The van der Waals surface area contributed by atoms with Gasteiger partial charge < -0.3 is 5.11 Å². The lowest BCUT2D eigenvalue weighted by molar-refractivity contribution is -0.387. The van der Waals surface area contributed by atoms with Crippen molar-refractivity contribution in [1.29, 1.82) is 0 Å². The Kier molecular flexibility index (Phi) is 4.90. The number of carbonyl (C=O) groups is 1. The molecule has 1 rings (SSSR count). The molecule has 104 valence electrons. The highest BCUT2D eigenvalue weighted by Gasteiger charge is 2.18. The molecule has 9 heteroatoms. The second-order valence-corrected chi connectivity index (χ2v) is 7.12. The quantitative estimate of drug-likeness (QED) is 0.480. The maximum absolute atomic E-state index is 11.0. The monoisotopic (exact) mass is 305 g/mol. The molecule has 0 aliphatic rings. The van der Waals surface area contributed by atoms with Crippen LogP contribution >= 0.6 is 11.8 Å². The Balaban J connectivity index is 2.94. The molecular formula is C10H11NO6S2. The van der Waals surface area contributed by atoms with Gasteiger partial charge in [0.15, 0.2) is 0 Å². The van der Waals surface area contributed by atoms with Crippen LogP contribution in [0.25, 0.3) is 0 Å². The summed E-state index contributed by atoms with van der Waals surface area (Å²) in [4.78, 5) is 21.1. The number of carboxylic acid groups (broad SMARTS) is 1. The second kappa shape index (κ2) is 6.02. The third-order valence-corrected chi connectivity index (χ3v) is 4.38. The number of aromatic carboxylic acids is 1. The molecule has 0 aromatic heterocycles. The van der Waals surface area contributed by atoms with Crippen LogP contribution in [0.4, 0.5) is 5.69 Å². The number of hydrogen-bond donors (Lipinski definition) is 1. The Bertz CT molecular complexity index is 610. The van der Waals surface area contributed by atoms with Gasteiger partial charge in [0.2, 0.25) is 0 Å². The molecule has 0 radical (unpaired) electrons. The van der Waals surface area contributed by atoms with Crippen LogP contribution in [-0.2, 0) is 9.84 Å². The number of nitro benzene ring substituents is 1. The molecule has 7 nitrogen and oxygen atoms in total. The lowest BCUT2D eigenvalue weighted by atomic mass is 10.2. The number of sulfone groups is 1. The topological polar surface area (TPSA) is 115 Å². The Labute approximate surface area is 113 Å². The summed E-state index contributed by atoms with van der Waals surface area (Å²) in [5, 5.41) is 19.6. The zero-order valence-corrected chi connectivity index (χ0v) is 11.5. The summed E-state index contributed by atoms with van der Waals surface area (Å²) in [6.07, 6.45) is 1.08. The van der Waals surface area contributed by atoms with Crippen molar-refractivity contribution in [3.63, 3.8) is 0 Å². The third-order valence-electron chi connectivity index (χ3n) is 2.11. The van der Waals surface area contributed by atoms with Gasteiger partial charge in [0.25, 0.3) is 5.69 Å². The predicted octanol–water partition coefficient (Wildman–Crippen LogP) is 1.43. The molecule has 0 heterocycles. The Morgan fingerprint density at radius 1 is 1.47 bits per heavy atom. The minimum absolute atomic E-state index is 0.102. The van der Waals surface area contributed by atoms with Gasteiger partial charge in [-0.3, -0.25) is 10.1 Å². The van der Waals surface area contributed by atoms with E-state index in [-0.39, 0.29) is 27.7 Å². The average Bonchev–Trinajstić information content (AvgIpc) is 2.27. The van der Waals surface area contributed by atoms with Gasteiger partial charge >= 0.3 is 5.97 Å². The van der Waals surface area contributed by atoms with Crippen molar-refractivity contribution in [2.45, 2.75) is 4.90 Å². The Morgan fingerprint density at radius 2 is 2.11 bits per heavy atom. The number of nitrogens with zero attached hydrogens (tertiary/aromatic N) is 1. The summed E-state index contributed by atoms with van der Waals surface area (Å²) >= 11 is 1.01. The highest BCUT2D eigenvalue weighted by Crippen LogP contribution is 2.30. The van der Waals surface area contributed by atoms with E-state index >= 15 is 0 Å². The summed E-state index contributed by atoms with van der Waals surface area (Å²) in [5.74, 6) is -1.18. The molecule has 0 saturated carbocycles. The lowest BCUT2D eigenvalue weighted by Crippen LogP contribution is -2.05. The van der Waals surface area contributed by atoms with E-state index in [1.54, 1.807) is 0 Å². The molecule has 0 bridgehead atoms. The first-order chi connectivity index (χ1) is 8.70. The molecular weight excluding hydrogens is 294 g/mol. The summed E-state index contributed by atoms with van der Waals surface area (Å²) in [6, 6.07) is 3.53. The highest BCUT2D eigenvalue weighted by atomic mass is 32.2. The normalized spacial score (nSPS) is 11.2. The van der Waals surface area contributed by atoms with E-state index in [0.717, 1.165) is 24.1 Å². The van der Waals surface area contributed by atoms with Gasteiger partial charge in [0.05, 0.1) is 21.1 Å². The zero-order chi connectivity index (χ0) is 14.6. The molecule has 0 atom stereocenters. The largest absolute Gasteiger partial charge is 0.478 e. The lowest BCUT2D eigenvalue weighted by Gasteiger charge is -2.03. The first kappa shape index (κ1) is 15.4.